The first-order valence-corrected chi connectivity index (χ1v) is 7.08. The largest absolute Gasteiger partial charge is 0.463 e. The fraction of sp³-hybridized carbons (Fsp3) is 0.929. The topological polar surface area (TPSA) is 65.0 Å². The van der Waals surface area contributed by atoms with Crippen LogP contribution in [-0.4, -0.2) is 50.7 Å². The van der Waals surface area contributed by atoms with Crippen molar-refractivity contribution in [2.24, 2.45) is 5.92 Å². The Bertz CT molecular complexity index is 206. The van der Waals surface area contributed by atoms with Crippen LogP contribution in [0.25, 0.3) is 0 Å². The molecule has 0 fully saturated rings. The molecule has 0 aromatic rings. The molecule has 0 saturated carbocycles. The summed E-state index contributed by atoms with van der Waals surface area (Å²) >= 11 is 0. The normalized spacial score (nSPS) is 10.9. The van der Waals surface area contributed by atoms with Crippen molar-refractivity contribution in [3.05, 3.63) is 0 Å². The number of carbonyl (C=O) groups is 1. The Labute approximate surface area is 116 Å². The Balaban J connectivity index is 3.16. The first-order chi connectivity index (χ1) is 9.16. The monoisotopic (exact) mass is 276 g/mol. The van der Waals surface area contributed by atoms with Crippen molar-refractivity contribution in [2.75, 3.05) is 39.6 Å². The number of hydrogen-bond acceptors (Lipinski definition) is 5. The lowest BCUT2D eigenvalue weighted by molar-refractivity contribution is -0.145. The number of esters is 1. The van der Waals surface area contributed by atoms with E-state index in [4.69, 9.17) is 19.3 Å². The summed E-state index contributed by atoms with van der Waals surface area (Å²) in [6, 6.07) is 0. The molecule has 5 nitrogen and oxygen atoms in total. The average molecular weight is 276 g/mol. The molecule has 0 aliphatic carbocycles. The van der Waals surface area contributed by atoms with Crippen molar-refractivity contribution in [3.63, 3.8) is 0 Å². The van der Waals surface area contributed by atoms with Gasteiger partial charge in [0.2, 0.25) is 0 Å². The molecule has 0 aliphatic rings. The molecule has 0 aliphatic heterocycles. The van der Waals surface area contributed by atoms with Gasteiger partial charge in [0.25, 0.3) is 0 Å². The minimum atomic E-state index is -0.149. The maximum absolute atomic E-state index is 11.3. The summed E-state index contributed by atoms with van der Waals surface area (Å²) in [7, 11) is 0. The van der Waals surface area contributed by atoms with Crippen LogP contribution in [0.1, 0.15) is 39.5 Å². The molecule has 0 unspecified atom stereocenters. The zero-order chi connectivity index (χ0) is 14.3. The summed E-state index contributed by atoms with van der Waals surface area (Å²) in [5.41, 5.74) is 0. The summed E-state index contributed by atoms with van der Waals surface area (Å²) < 4.78 is 15.2. The summed E-state index contributed by atoms with van der Waals surface area (Å²) in [5.74, 6) is 0.543. The van der Waals surface area contributed by atoms with Gasteiger partial charge in [0.15, 0.2) is 0 Å². The van der Waals surface area contributed by atoms with Gasteiger partial charge in [-0.1, -0.05) is 26.7 Å². The van der Waals surface area contributed by atoms with Gasteiger partial charge in [-0.25, -0.2) is 0 Å². The van der Waals surface area contributed by atoms with E-state index in [0.717, 1.165) is 19.3 Å². The molecule has 0 amide bonds. The van der Waals surface area contributed by atoms with Crippen LogP contribution in [-0.2, 0) is 19.0 Å². The molecule has 0 atom stereocenters. The summed E-state index contributed by atoms with van der Waals surface area (Å²) in [6.07, 6.45) is 3.62. The van der Waals surface area contributed by atoms with Gasteiger partial charge in [-0.05, 0) is 12.3 Å². The SMILES string of the molecule is CC(C)CCCCC(=O)OCCOCCOCCO. The first kappa shape index (κ1) is 18.4. The van der Waals surface area contributed by atoms with E-state index in [0.29, 0.717) is 45.4 Å². The van der Waals surface area contributed by atoms with Crippen LogP contribution in [0.5, 0.6) is 0 Å². The second kappa shape index (κ2) is 13.8. The van der Waals surface area contributed by atoms with E-state index in [1.54, 1.807) is 0 Å². The van der Waals surface area contributed by atoms with Gasteiger partial charge >= 0.3 is 5.97 Å². The number of carbonyl (C=O) groups excluding carboxylic acids is 1. The summed E-state index contributed by atoms with van der Waals surface area (Å²) in [5, 5.41) is 8.46. The fourth-order valence-electron chi connectivity index (χ4n) is 1.50. The molecule has 0 bridgehead atoms. The number of hydrogen-bond donors (Lipinski definition) is 1. The Morgan fingerprint density at radius 3 is 2.26 bits per heavy atom. The van der Waals surface area contributed by atoms with Crippen molar-refractivity contribution >= 4 is 5.97 Å². The maximum atomic E-state index is 11.3. The van der Waals surface area contributed by atoms with E-state index in [9.17, 15) is 4.79 Å². The molecule has 0 spiro atoms. The molecular formula is C14H28O5. The van der Waals surface area contributed by atoms with Gasteiger partial charge in [0.05, 0.1) is 33.0 Å². The first-order valence-electron chi connectivity index (χ1n) is 7.08. The molecule has 1 N–H and O–H groups in total. The van der Waals surface area contributed by atoms with Crippen LogP contribution in [0.4, 0.5) is 0 Å². The predicted molar refractivity (Wildman–Crippen MR) is 73.0 cm³/mol. The summed E-state index contributed by atoms with van der Waals surface area (Å²) in [4.78, 5) is 11.3. The maximum Gasteiger partial charge on any atom is 0.305 e. The van der Waals surface area contributed by atoms with Crippen LogP contribution < -0.4 is 0 Å². The highest BCUT2D eigenvalue weighted by Gasteiger charge is 2.03. The molecule has 0 saturated heterocycles. The molecule has 19 heavy (non-hydrogen) atoms. The van der Waals surface area contributed by atoms with E-state index in [2.05, 4.69) is 13.8 Å². The van der Waals surface area contributed by atoms with E-state index >= 15 is 0 Å². The van der Waals surface area contributed by atoms with Crippen molar-refractivity contribution in [1.82, 2.24) is 0 Å². The zero-order valence-electron chi connectivity index (χ0n) is 12.2. The second-order valence-electron chi connectivity index (χ2n) is 4.81. The zero-order valence-corrected chi connectivity index (χ0v) is 12.2. The Kier molecular flexibility index (Phi) is 13.3. The average Bonchev–Trinajstić information content (AvgIpc) is 2.37. The highest BCUT2D eigenvalue weighted by Crippen LogP contribution is 2.08. The minimum absolute atomic E-state index is 0.0222. The lowest BCUT2D eigenvalue weighted by Crippen LogP contribution is -2.13. The van der Waals surface area contributed by atoms with Crippen molar-refractivity contribution in [3.8, 4) is 0 Å². The molecule has 0 rings (SSSR count). The quantitative estimate of drug-likeness (QED) is 0.410. The van der Waals surface area contributed by atoms with Crippen LogP contribution in [0.3, 0.4) is 0 Å². The van der Waals surface area contributed by atoms with Gasteiger partial charge in [-0.3, -0.25) is 4.79 Å². The van der Waals surface area contributed by atoms with E-state index in [1.807, 2.05) is 0 Å². The van der Waals surface area contributed by atoms with Gasteiger partial charge in [0.1, 0.15) is 6.61 Å². The molecule has 5 heteroatoms. The number of unbranched alkanes of at least 4 members (excludes halogenated alkanes) is 1. The van der Waals surface area contributed by atoms with Gasteiger partial charge < -0.3 is 19.3 Å². The molecule has 0 aromatic carbocycles. The lowest BCUT2D eigenvalue weighted by atomic mass is 10.1. The van der Waals surface area contributed by atoms with Crippen molar-refractivity contribution in [2.45, 2.75) is 39.5 Å². The van der Waals surface area contributed by atoms with E-state index in [-0.39, 0.29) is 12.6 Å². The van der Waals surface area contributed by atoms with Gasteiger partial charge in [0, 0.05) is 6.42 Å². The highest BCUT2D eigenvalue weighted by atomic mass is 16.6. The van der Waals surface area contributed by atoms with E-state index in [1.165, 1.54) is 0 Å². The molecule has 0 aromatic heterocycles. The third-order valence-electron chi connectivity index (χ3n) is 2.51. The summed E-state index contributed by atoms with van der Waals surface area (Å²) in [6.45, 7) is 6.29. The molecule has 114 valence electrons. The minimum Gasteiger partial charge on any atom is -0.463 e. The Morgan fingerprint density at radius 2 is 1.63 bits per heavy atom. The number of aliphatic hydroxyl groups is 1. The van der Waals surface area contributed by atoms with E-state index < -0.39 is 0 Å². The van der Waals surface area contributed by atoms with Crippen molar-refractivity contribution < 1.29 is 24.1 Å². The second-order valence-corrected chi connectivity index (χ2v) is 4.81. The molecule has 0 heterocycles. The van der Waals surface area contributed by atoms with Gasteiger partial charge in [-0.15, -0.1) is 0 Å². The Morgan fingerprint density at radius 1 is 1.00 bits per heavy atom. The smallest absolute Gasteiger partial charge is 0.305 e. The Hall–Kier alpha value is -0.650. The third-order valence-corrected chi connectivity index (χ3v) is 2.51. The number of ether oxygens (including phenoxy) is 3. The fourth-order valence-corrected chi connectivity index (χ4v) is 1.50. The number of rotatable bonds is 13. The predicted octanol–water partition coefficient (Wildman–Crippen LogP) is 1.77. The van der Waals surface area contributed by atoms with Crippen LogP contribution >= 0.6 is 0 Å². The highest BCUT2D eigenvalue weighted by molar-refractivity contribution is 5.69. The van der Waals surface area contributed by atoms with Crippen molar-refractivity contribution in [1.29, 1.82) is 0 Å². The lowest BCUT2D eigenvalue weighted by Gasteiger charge is -2.07. The third kappa shape index (κ3) is 15.3. The standard InChI is InChI=1S/C14H28O5/c1-13(2)5-3-4-6-14(16)19-12-11-18-10-9-17-8-7-15/h13,15H,3-12H2,1-2H3. The van der Waals surface area contributed by atoms with Crippen LogP contribution in [0, 0.1) is 5.92 Å². The molecule has 0 radical (unpaired) electrons. The van der Waals surface area contributed by atoms with Crippen LogP contribution in [0.15, 0.2) is 0 Å². The van der Waals surface area contributed by atoms with Crippen LogP contribution in [0.2, 0.25) is 0 Å². The van der Waals surface area contributed by atoms with Gasteiger partial charge in [-0.2, -0.15) is 0 Å². The number of aliphatic hydroxyl groups excluding tert-OH is 1. The molecular weight excluding hydrogens is 248 g/mol.